The Morgan fingerprint density at radius 1 is 1.39 bits per heavy atom. The van der Waals surface area contributed by atoms with Gasteiger partial charge in [0.1, 0.15) is 12.3 Å². The Hall–Kier alpha value is -2.10. The molecule has 1 aromatic heterocycles. The quantitative estimate of drug-likeness (QED) is 0.775. The third-order valence-corrected chi connectivity index (χ3v) is 3.14. The minimum Gasteiger partial charge on any atom is -0.391 e. The number of hydrogen-bond donors (Lipinski definition) is 0. The van der Waals surface area contributed by atoms with Crippen molar-refractivity contribution >= 4 is 5.71 Å². The molecule has 1 unspecified atom stereocenters. The highest BCUT2D eigenvalue weighted by atomic mass is 16.6. The molecule has 4 heteroatoms. The topological polar surface area (TPSA) is 39.4 Å². The van der Waals surface area contributed by atoms with Gasteiger partial charge < -0.3 is 9.40 Å². The number of nitrogens with zero attached hydrogens (tertiary/aromatic N) is 3. The van der Waals surface area contributed by atoms with Crippen LogP contribution >= 0.6 is 0 Å². The first-order valence-corrected chi connectivity index (χ1v) is 6.10. The molecule has 1 atom stereocenters. The van der Waals surface area contributed by atoms with Crippen molar-refractivity contribution in [2.45, 2.75) is 26.0 Å². The van der Waals surface area contributed by atoms with Gasteiger partial charge >= 0.3 is 0 Å². The molecule has 0 spiro atoms. The van der Waals surface area contributed by atoms with Crippen molar-refractivity contribution in [3.05, 3.63) is 54.1 Å². The maximum atomic E-state index is 5.41. The zero-order chi connectivity index (χ0) is 12.4. The summed E-state index contributed by atoms with van der Waals surface area (Å²) in [6.07, 6.45) is 4.68. The molecule has 0 saturated carbocycles. The smallest absolute Gasteiger partial charge is 0.158 e. The Morgan fingerprint density at radius 2 is 2.22 bits per heavy atom. The van der Waals surface area contributed by atoms with Crippen LogP contribution in [0.1, 0.15) is 30.8 Å². The van der Waals surface area contributed by atoms with Crippen LogP contribution in [0, 0.1) is 0 Å². The van der Waals surface area contributed by atoms with Gasteiger partial charge in [0.2, 0.25) is 0 Å². The summed E-state index contributed by atoms with van der Waals surface area (Å²) in [6, 6.07) is 10.5. The fraction of sp³-hybridized carbons (Fsp3) is 0.286. The van der Waals surface area contributed by atoms with Crippen LogP contribution in [0.2, 0.25) is 0 Å². The van der Waals surface area contributed by atoms with E-state index in [1.165, 1.54) is 0 Å². The molecular weight excluding hydrogens is 226 g/mol. The zero-order valence-electron chi connectivity index (χ0n) is 10.3. The van der Waals surface area contributed by atoms with E-state index in [0.717, 1.165) is 23.5 Å². The standard InChI is InChI=1S/C14H15N3O/c1-11-9-13(14-15-7-8-17(11)14)16-18-10-12-5-3-2-4-6-12/h2-8,11H,9-10H2,1H3/b16-13-. The molecule has 4 nitrogen and oxygen atoms in total. The highest BCUT2D eigenvalue weighted by Gasteiger charge is 2.25. The van der Waals surface area contributed by atoms with Crippen LogP contribution in [0.15, 0.2) is 47.9 Å². The van der Waals surface area contributed by atoms with E-state index in [1.54, 1.807) is 6.20 Å². The van der Waals surface area contributed by atoms with E-state index in [0.29, 0.717) is 12.6 Å². The van der Waals surface area contributed by atoms with E-state index < -0.39 is 0 Å². The number of aromatic nitrogens is 2. The van der Waals surface area contributed by atoms with Crippen molar-refractivity contribution in [3.8, 4) is 0 Å². The molecule has 0 amide bonds. The fourth-order valence-corrected chi connectivity index (χ4v) is 2.20. The first-order chi connectivity index (χ1) is 8.84. The number of hydrogen-bond acceptors (Lipinski definition) is 3. The maximum Gasteiger partial charge on any atom is 0.158 e. The lowest BCUT2D eigenvalue weighted by molar-refractivity contribution is 0.130. The molecule has 0 bridgehead atoms. The first kappa shape index (κ1) is 11.0. The highest BCUT2D eigenvalue weighted by Crippen LogP contribution is 2.24. The molecule has 2 heterocycles. The molecule has 92 valence electrons. The van der Waals surface area contributed by atoms with Gasteiger partial charge in [-0.25, -0.2) is 4.98 Å². The van der Waals surface area contributed by atoms with Gasteiger partial charge in [0.15, 0.2) is 5.82 Å². The van der Waals surface area contributed by atoms with Crippen LogP contribution < -0.4 is 0 Å². The van der Waals surface area contributed by atoms with Crippen LogP contribution in [-0.2, 0) is 11.4 Å². The van der Waals surface area contributed by atoms with Gasteiger partial charge in [-0.1, -0.05) is 35.5 Å². The second-order valence-corrected chi connectivity index (χ2v) is 4.51. The van der Waals surface area contributed by atoms with Gasteiger partial charge in [-0.2, -0.15) is 0 Å². The maximum absolute atomic E-state index is 5.41. The van der Waals surface area contributed by atoms with Crippen molar-refractivity contribution in [2.24, 2.45) is 5.16 Å². The molecule has 1 aliphatic heterocycles. The Balaban J connectivity index is 1.69. The van der Waals surface area contributed by atoms with E-state index in [-0.39, 0.29) is 0 Å². The summed E-state index contributed by atoms with van der Waals surface area (Å²) in [5.74, 6) is 0.926. The predicted octanol–water partition coefficient (Wildman–Crippen LogP) is 2.77. The number of rotatable bonds is 3. The summed E-state index contributed by atoms with van der Waals surface area (Å²) in [5, 5.41) is 4.22. The molecule has 1 aliphatic rings. The molecule has 2 aromatic rings. The predicted molar refractivity (Wildman–Crippen MR) is 69.3 cm³/mol. The number of imidazole rings is 1. The Morgan fingerprint density at radius 3 is 3.06 bits per heavy atom. The van der Waals surface area contributed by atoms with Crippen molar-refractivity contribution in [3.63, 3.8) is 0 Å². The average molecular weight is 241 g/mol. The second kappa shape index (κ2) is 4.64. The lowest BCUT2D eigenvalue weighted by atomic mass is 10.2. The largest absolute Gasteiger partial charge is 0.391 e. The van der Waals surface area contributed by atoms with Crippen molar-refractivity contribution < 1.29 is 4.84 Å². The van der Waals surface area contributed by atoms with Gasteiger partial charge in [-0.15, -0.1) is 0 Å². The second-order valence-electron chi connectivity index (χ2n) is 4.51. The number of fused-ring (bicyclic) bond motifs is 1. The molecule has 0 aliphatic carbocycles. The van der Waals surface area contributed by atoms with Crippen LogP contribution in [0.25, 0.3) is 0 Å². The normalized spacial score (nSPS) is 20.1. The van der Waals surface area contributed by atoms with Crippen LogP contribution in [0.3, 0.4) is 0 Å². The average Bonchev–Trinajstić information content (AvgIpc) is 2.97. The minimum absolute atomic E-state index is 0.418. The van der Waals surface area contributed by atoms with E-state index in [2.05, 4.69) is 21.6 Å². The summed E-state index contributed by atoms with van der Waals surface area (Å²) in [7, 11) is 0. The molecule has 0 saturated heterocycles. The fourth-order valence-electron chi connectivity index (χ4n) is 2.20. The summed E-state index contributed by atoms with van der Waals surface area (Å²) in [5.41, 5.74) is 2.06. The van der Waals surface area contributed by atoms with Crippen molar-refractivity contribution in [1.82, 2.24) is 9.55 Å². The summed E-state index contributed by atoms with van der Waals surface area (Å²) in [6.45, 7) is 2.66. The van der Waals surface area contributed by atoms with Gasteiger partial charge in [-0.3, -0.25) is 0 Å². The van der Waals surface area contributed by atoms with Gasteiger partial charge in [-0.05, 0) is 12.5 Å². The lowest BCUT2D eigenvalue weighted by Crippen LogP contribution is -1.99. The first-order valence-electron chi connectivity index (χ1n) is 6.10. The number of oxime groups is 1. The SMILES string of the molecule is CC1C/C(=N/OCc2ccccc2)c2nccn21. The molecule has 18 heavy (non-hydrogen) atoms. The molecule has 3 rings (SSSR count). The Labute approximate surface area is 106 Å². The molecule has 0 fully saturated rings. The van der Waals surface area contributed by atoms with Crippen LogP contribution in [0.4, 0.5) is 0 Å². The third-order valence-electron chi connectivity index (χ3n) is 3.14. The molecule has 1 aromatic carbocycles. The summed E-state index contributed by atoms with van der Waals surface area (Å²) in [4.78, 5) is 9.72. The van der Waals surface area contributed by atoms with E-state index in [4.69, 9.17) is 4.84 Å². The Bertz CT molecular complexity index is 559. The van der Waals surface area contributed by atoms with Crippen molar-refractivity contribution in [1.29, 1.82) is 0 Å². The molecule has 0 N–H and O–H groups in total. The van der Waals surface area contributed by atoms with Crippen molar-refractivity contribution in [2.75, 3.05) is 0 Å². The highest BCUT2D eigenvalue weighted by molar-refractivity contribution is 5.99. The van der Waals surface area contributed by atoms with Gasteiger partial charge in [0.25, 0.3) is 0 Å². The zero-order valence-corrected chi connectivity index (χ0v) is 10.3. The third kappa shape index (κ3) is 2.01. The minimum atomic E-state index is 0.418. The van der Waals surface area contributed by atoms with Gasteiger partial charge in [0.05, 0.1) is 0 Å². The van der Waals surface area contributed by atoms with Crippen LogP contribution in [0.5, 0.6) is 0 Å². The van der Waals surface area contributed by atoms with E-state index in [9.17, 15) is 0 Å². The lowest BCUT2D eigenvalue weighted by Gasteiger charge is -2.01. The monoisotopic (exact) mass is 241 g/mol. The van der Waals surface area contributed by atoms with E-state index in [1.807, 2.05) is 36.5 Å². The van der Waals surface area contributed by atoms with Gasteiger partial charge in [0, 0.05) is 24.9 Å². The van der Waals surface area contributed by atoms with Crippen LogP contribution in [-0.4, -0.2) is 15.3 Å². The summed E-state index contributed by atoms with van der Waals surface area (Å²) < 4.78 is 2.13. The molecule has 0 radical (unpaired) electrons. The number of benzene rings is 1. The van der Waals surface area contributed by atoms with E-state index >= 15 is 0 Å². The molecular formula is C14H15N3O. The summed E-state index contributed by atoms with van der Waals surface area (Å²) >= 11 is 0. The Kier molecular flexibility index (Phi) is 2.84.